The lowest BCUT2D eigenvalue weighted by Gasteiger charge is -2.04. The number of ether oxygens (including phenoxy) is 1. The van der Waals surface area contributed by atoms with E-state index in [1.165, 1.54) is 16.9 Å². The van der Waals surface area contributed by atoms with Crippen molar-refractivity contribution in [3.05, 3.63) is 87.4 Å². The number of aromatic nitrogens is 2. The maximum atomic E-state index is 12.6. The molecule has 0 spiro atoms. The first-order valence-corrected chi connectivity index (χ1v) is 10.0. The van der Waals surface area contributed by atoms with Crippen LogP contribution in [0.25, 0.3) is 10.2 Å². The van der Waals surface area contributed by atoms with Gasteiger partial charge in [0.2, 0.25) is 0 Å². The Morgan fingerprint density at radius 3 is 2.69 bits per heavy atom. The monoisotopic (exact) mass is 401 g/mol. The molecule has 6 heteroatoms. The minimum absolute atomic E-state index is 0.136. The van der Waals surface area contributed by atoms with Crippen LogP contribution in [0.3, 0.4) is 0 Å². The molecule has 2 aromatic heterocycles. The van der Waals surface area contributed by atoms with Crippen LogP contribution in [0.4, 0.5) is 0 Å². The van der Waals surface area contributed by atoms with E-state index in [9.17, 15) is 4.79 Å². The number of nitrogens with zero attached hydrogens (tertiary/aromatic N) is 3. The highest BCUT2D eigenvalue weighted by molar-refractivity contribution is 7.20. The zero-order chi connectivity index (χ0) is 20.4. The molecule has 2 aromatic carbocycles. The second-order valence-electron chi connectivity index (χ2n) is 6.95. The van der Waals surface area contributed by atoms with Crippen molar-refractivity contribution in [1.29, 1.82) is 5.26 Å². The van der Waals surface area contributed by atoms with E-state index < -0.39 is 0 Å². The van der Waals surface area contributed by atoms with Crippen LogP contribution in [0, 0.1) is 25.2 Å². The predicted octanol–water partition coefficient (Wildman–Crippen LogP) is 4.99. The van der Waals surface area contributed by atoms with E-state index in [1.807, 2.05) is 23.7 Å². The Balaban J connectivity index is 1.53. The number of rotatable bonds is 5. The van der Waals surface area contributed by atoms with Gasteiger partial charge in [-0.1, -0.05) is 42.0 Å². The molecule has 0 aliphatic carbocycles. The van der Waals surface area contributed by atoms with Crippen molar-refractivity contribution in [3.63, 3.8) is 0 Å². The molecule has 0 radical (unpaired) electrons. The van der Waals surface area contributed by atoms with E-state index in [2.05, 4.69) is 42.4 Å². The van der Waals surface area contributed by atoms with E-state index in [1.54, 1.807) is 18.2 Å². The molecule has 0 fully saturated rings. The average Bonchev–Trinajstić information content (AvgIpc) is 3.29. The minimum Gasteiger partial charge on any atom is -0.457 e. The third-order valence-electron chi connectivity index (χ3n) is 4.69. The molecule has 0 saturated carbocycles. The lowest BCUT2D eigenvalue weighted by Crippen LogP contribution is -2.04. The van der Waals surface area contributed by atoms with E-state index >= 15 is 0 Å². The summed E-state index contributed by atoms with van der Waals surface area (Å²) in [6, 6.07) is 19.4. The number of fused-ring (bicyclic) bond motifs is 1. The summed E-state index contributed by atoms with van der Waals surface area (Å²) >= 11 is 1.39. The van der Waals surface area contributed by atoms with Crippen LogP contribution in [-0.2, 0) is 17.9 Å². The summed E-state index contributed by atoms with van der Waals surface area (Å²) < 4.78 is 7.39. The highest BCUT2D eigenvalue weighted by Crippen LogP contribution is 2.29. The number of thiophene rings is 1. The van der Waals surface area contributed by atoms with Crippen LogP contribution >= 0.6 is 11.3 Å². The quantitative estimate of drug-likeness (QED) is 0.442. The maximum absolute atomic E-state index is 12.6. The third-order valence-corrected chi connectivity index (χ3v) is 5.82. The largest absolute Gasteiger partial charge is 0.457 e. The molecule has 0 unspecified atom stereocenters. The van der Waals surface area contributed by atoms with Gasteiger partial charge in [0.05, 0.1) is 23.9 Å². The van der Waals surface area contributed by atoms with Crippen molar-refractivity contribution in [1.82, 2.24) is 9.78 Å². The Bertz CT molecular complexity index is 1230. The molecule has 0 amide bonds. The molecule has 4 rings (SSSR count). The molecular formula is C23H19N3O2S. The topological polar surface area (TPSA) is 67.9 Å². The first-order valence-electron chi connectivity index (χ1n) is 9.22. The Labute approximate surface area is 172 Å². The molecule has 144 valence electrons. The van der Waals surface area contributed by atoms with Crippen molar-refractivity contribution in [2.45, 2.75) is 27.0 Å². The lowest BCUT2D eigenvalue weighted by atomic mass is 10.1. The van der Waals surface area contributed by atoms with Gasteiger partial charge in [0, 0.05) is 5.39 Å². The number of aryl methyl sites for hydroxylation is 2. The second-order valence-corrected chi connectivity index (χ2v) is 7.98. The fourth-order valence-electron chi connectivity index (χ4n) is 3.14. The van der Waals surface area contributed by atoms with Gasteiger partial charge in [-0.2, -0.15) is 10.4 Å². The number of carbonyl (C=O) groups excluding carboxylic acids is 1. The fourth-order valence-corrected chi connectivity index (χ4v) is 4.19. The summed E-state index contributed by atoms with van der Waals surface area (Å²) in [6.07, 6.45) is 0. The Morgan fingerprint density at radius 1 is 1.14 bits per heavy atom. The standard InChI is InChI=1S/C23H19N3O2S/c1-15-6-8-17(9-7-15)13-26-22-20(16(2)25-26)11-21(29-22)23(27)28-14-19-5-3-4-18(10-19)12-24/h3-11H,13-14H2,1-2H3. The van der Waals surface area contributed by atoms with E-state index in [4.69, 9.17) is 10.00 Å². The number of esters is 1. The van der Waals surface area contributed by atoms with Crippen LogP contribution in [0.2, 0.25) is 0 Å². The van der Waals surface area contributed by atoms with Gasteiger partial charge in [0.1, 0.15) is 16.3 Å². The lowest BCUT2D eigenvalue weighted by molar-refractivity contribution is 0.0478. The number of hydrogen-bond donors (Lipinski definition) is 0. The molecule has 0 aliphatic rings. The number of hydrogen-bond acceptors (Lipinski definition) is 5. The molecule has 5 nitrogen and oxygen atoms in total. The maximum Gasteiger partial charge on any atom is 0.348 e. The Kier molecular flexibility index (Phi) is 5.15. The van der Waals surface area contributed by atoms with Crippen LogP contribution in [0.1, 0.15) is 37.6 Å². The Morgan fingerprint density at radius 2 is 1.93 bits per heavy atom. The zero-order valence-electron chi connectivity index (χ0n) is 16.2. The molecular weight excluding hydrogens is 382 g/mol. The van der Waals surface area contributed by atoms with Crippen molar-refractivity contribution in [3.8, 4) is 6.07 Å². The molecule has 4 aromatic rings. The summed E-state index contributed by atoms with van der Waals surface area (Å²) in [4.78, 5) is 14.1. The summed E-state index contributed by atoms with van der Waals surface area (Å²) in [6.45, 7) is 4.80. The van der Waals surface area contributed by atoms with Crippen LogP contribution in [0.15, 0.2) is 54.6 Å². The summed E-state index contributed by atoms with van der Waals surface area (Å²) in [7, 11) is 0. The van der Waals surface area contributed by atoms with Gasteiger partial charge in [-0.05, 0) is 43.2 Å². The van der Waals surface area contributed by atoms with Gasteiger partial charge in [-0.25, -0.2) is 4.79 Å². The second kappa shape index (κ2) is 7.90. The van der Waals surface area contributed by atoms with Crippen LogP contribution in [-0.4, -0.2) is 15.7 Å². The molecule has 0 bridgehead atoms. The molecule has 2 heterocycles. The van der Waals surface area contributed by atoms with Crippen LogP contribution in [0.5, 0.6) is 0 Å². The third kappa shape index (κ3) is 4.05. The SMILES string of the molecule is Cc1ccc(Cn2nc(C)c3cc(C(=O)OCc4cccc(C#N)c4)sc32)cc1. The Hall–Kier alpha value is -3.43. The highest BCUT2D eigenvalue weighted by Gasteiger charge is 2.17. The van der Waals surface area contributed by atoms with Gasteiger partial charge in [-0.15, -0.1) is 11.3 Å². The van der Waals surface area contributed by atoms with Crippen molar-refractivity contribution in [2.24, 2.45) is 0 Å². The van der Waals surface area contributed by atoms with E-state index in [0.717, 1.165) is 27.0 Å². The van der Waals surface area contributed by atoms with Gasteiger partial charge in [0.25, 0.3) is 0 Å². The van der Waals surface area contributed by atoms with Crippen molar-refractivity contribution in [2.75, 3.05) is 0 Å². The van der Waals surface area contributed by atoms with Gasteiger partial charge in [-0.3, -0.25) is 4.68 Å². The van der Waals surface area contributed by atoms with Gasteiger partial charge >= 0.3 is 5.97 Å². The van der Waals surface area contributed by atoms with Crippen molar-refractivity contribution < 1.29 is 9.53 Å². The van der Waals surface area contributed by atoms with E-state index in [0.29, 0.717) is 17.0 Å². The smallest absolute Gasteiger partial charge is 0.348 e. The van der Waals surface area contributed by atoms with Gasteiger partial charge in [0.15, 0.2) is 0 Å². The predicted molar refractivity (Wildman–Crippen MR) is 113 cm³/mol. The molecule has 0 N–H and O–H groups in total. The summed E-state index contributed by atoms with van der Waals surface area (Å²) in [5, 5.41) is 14.6. The first-order chi connectivity index (χ1) is 14.0. The van der Waals surface area contributed by atoms with Crippen molar-refractivity contribution >= 4 is 27.5 Å². The van der Waals surface area contributed by atoms with Gasteiger partial charge < -0.3 is 4.74 Å². The zero-order valence-corrected chi connectivity index (χ0v) is 17.0. The van der Waals surface area contributed by atoms with Crippen LogP contribution < -0.4 is 0 Å². The summed E-state index contributed by atoms with van der Waals surface area (Å²) in [5.41, 5.74) is 4.61. The van der Waals surface area contributed by atoms with E-state index in [-0.39, 0.29) is 12.6 Å². The number of nitriles is 1. The first kappa shape index (κ1) is 18.9. The summed E-state index contributed by atoms with van der Waals surface area (Å²) in [5.74, 6) is -0.366. The molecule has 0 saturated heterocycles. The number of carbonyl (C=O) groups is 1. The normalized spacial score (nSPS) is 10.8. The average molecular weight is 401 g/mol. The molecule has 29 heavy (non-hydrogen) atoms. The molecule has 0 atom stereocenters. The molecule has 0 aliphatic heterocycles. The highest BCUT2D eigenvalue weighted by atomic mass is 32.1. The minimum atomic E-state index is -0.366. The number of benzene rings is 2. The fraction of sp³-hybridized carbons (Fsp3) is 0.174.